The molecule has 0 aliphatic carbocycles. The lowest BCUT2D eigenvalue weighted by atomic mass is 10.2. The summed E-state index contributed by atoms with van der Waals surface area (Å²) in [5, 5.41) is 17.7. The quantitative estimate of drug-likeness (QED) is 0.770. The monoisotopic (exact) mass is 277 g/mol. The summed E-state index contributed by atoms with van der Waals surface area (Å²) in [4.78, 5) is 12.8. The van der Waals surface area contributed by atoms with E-state index in [-0.39, 0.29) is 19.7 Å². The third-order valence-corrected chi connectivity index (χ3v) is 2.79. The van der Waals surface area contributed by atoms with Gasteiger partial charge in [0.15, 0.2) is 6.61 Å². The minimum Gasteiger partial charge on any atom is -0.484 e. The number of aryl methyl sites for hydroxylation is 1. The summed E-state index contributed by atoms with van der Waals surface area (Å²) >= 11 is 5.87. The third-order valence-electron chi connectivity index (χ3n) is 2.37. The molecule has 0 atom stereocenters. The minimum atomic E-state index is -0.407. The van der Waals surface area contributed by atoms with Gasteiger partial charge < -0.3 is 9.64 Å². The van der Waals surface area contributed by atoms with E-state index in [1.165, 1.54) is 0 Å². The Bertz CT molecular complexity index is 530. The van der Waals surface area contributed by atoms with Crippen LogP contribution in [0.15, 0.2) is 18.2 Å². The topological polar surface area (TPSA) is 77.1 Å². The molecule has 1 rings (SSSR count). The van der Waals surface area contributed by atoms with Gasteiger partial charge in [-0.2, -0.15) is 10.5 Å². The average molecular weight is 278 g/mol. The summed E-state index contributed by atoms with van der Waals surface area (Å²) in [6.07, 6.45) is 0. The molecule has 1 aromatic carbocycles. The Kier molecular flexibility index (Phi) is 5.66. The molecule has 0 aromatic heterocycles. The molecule has 0 heterocycles. The molecule has 1 aromatic rings. The normalized spacial score (nSPS) is 9.26. The van der Waals surface area contributed by atoms with Crippen molar-refractivity contribution in [3.8, 4) is 17.9 Å². The van der Waals surface area contributed by atoms with Crippen LogP contribution in [0.3, 0.4) is 0 Å². The van der Waals surface area contributed by atoms with Gasteiger partial charge in [-0.25, -0.2) is 0 Å². The maximum Gasteiger partial charge on any atom is 0.262 e. The van der Waals surface area contributed by atoms with Crippen molar-refractivity contribution < 1.29 is 9.53 Å². The number of nitriles is 2. The first kappa shape index (κ1) is 14.8. The molecule has 0 saturated carbocycles. The van der Waals surface area contributed by atoms with Crippen molar-refractivity contribution in [1.29, 1.82) is 10.5 Å². The highest BCUT2D eigenvalue weighted by atomic mass is 35.5. The number of benzene rings is 1. The van der Waals surface area contributed by atoms with Gasteiger partial charge in [-0.1, -0.05) is 11.6 Å². The number of carbonyl (C=O) groups is 1. The molecule has 1 amide bonds. The Morgan fingerprint density at radius 2 is 2.00 bits per heavy atom. The molecule has 19 heavy (non-hydrogen) atoms. The van der Waals surface area contributed by atoms with E-state index in [0.717, 1.165) is 10.5 Å². The summed E-state index contributed by atoms with van der Waals surface area (Å²) in [7, 11) is 0. The largest absolute Gasteiger partial charge is 0.484 e. The zero-order valence-electron chi connectivity index (χ0n) is 10.4. The lowest BCUT2D eigenvalue weighted by Gasteiger charge is -2.16. The number of carbonyl (C=O) groups excluding carboxylic acids is 1. The molecular weight excluding hydrogens is 266 g/mol. The molecule has 0 saturated heterocycles. The second kappa shape index (κ2) is 7.25. The van der Waals surface area contributed by atoms with E-state index in [1.54, 1.807) is 18.2 Å². The fraction of sp³-hybridized carbons (Fsp3) is 0.308. The van der Waals surface area contributed by atoms with Crippen LogP contribution in [0, 0.1) is 29.6 Å². The number of rotatable bonds is 5. The van der Waals surface area contributed by atoms with Crippen LogP contribution in [-0.2, 0) is 4.79 Å². The molecule has 0 spiro atoms. The summed E-state index contributed by atoms with van der Waals surface area (Å²) in [5.74, 6) is 0.111. The first-order valence-electron chi connectivity index (χ1n) is 5.49. The van der Waals surface area contributed by atoms with Crippen molar-refractivity contribution in [2.45, 2.75) is 6.92 Å². The smallest absolute Gasteiger partial charge is 0.262 e. The van der Waals surface area contributed by atoms with Crippen LogP contribution in [0.2, 0.25) is 5.02 Å². The number of hydrogen-bond donors (Lipinski definition) is 0. The molecule has 6 heteroatoms. The van der Waals surface area contributed by atoms with Gasteiger partial charge in [0.25, 0.3) is 5.91 Å². The van der Waals surface area contributed by atoms with Gasteiger partial charge >= 0.3 is 0 Å². The highest BCUT2D eigenvalue weighted by Crippen LogP contribution is 2.20. The average Bonchev–Trinajstić information content (AvgIpc) is 2.39. The summed E-state index contributed by atoms with van der Waals surface area (Å²) < 4.78 is 5.31. The van der Waals surface area contributed by atoms with E-state index in [9.17, 15) is 4.79 Å². The second-order valence-electron chi connectivity index (χ2n) is 3.77. The van der Waals surface area contributed by atoms with Crippen LogP contribution in [0.4, 0.5) is 0 Å². The van der Waals surface area contributed by atoms with Gasteiger partial charge in [0.2, 0.25) is 0 Å². The zero-order valence-corrected chi connectivity index (χ0v) is 11.1. The Morgan fingerprint density at radius 3 is 2.53 bits per heavy atom. The number of hydrogen-bond acceptors (Lipinski definition) is 4. The van der Waals surface area contributed by atoms with Gasteiger partial charge in [-0.15, -0.1) is 0 Å². The van der Waals surface area contributed by atoms with Gasteiger partial charge in [-0.3, -0.25) is 4.79 Å². The second-order valence-corrected chi connectivity index (χ2v) is 4.17. The van der Waals surface area contributed by atoms with Gasteiger partial charge in [0, 0.05) is 5.02 Å². The minimum absolute atomic E-state index is 0.130. The van der Waals surface area contributed by atoms with E-state index < -0.39 is 5.91 Å². The number of halogens is 1. The molecule has 0 N–H and O–H groups in total. The van der Waals surface area contributed by atoms with Crippen molar-refractivity contribution in [2.75, 3.05) is 19.7 Å². The number of nitrogens with zero attached hydrogens (tertiary/aromatic N) is 3. The van der Waals surface area contributed by atoms with Crippen molar-refractivity contribution in [1.82, 2.24) is 4.90 Å². The van der Waals surface area contributed by atoms with Crippen molar-refractivity contribution >= 4 is 17.5 Å². The Hall–Kier alpha value is -2.24. The fourth-order valence-electron chi connectivity index (χ4n) is 1.35. The van der Waals surface area contributed by atoms with Crippen molar-refractivity contribution in [3.05, 3.63) is 28.8 Å². The van der Waals surface area contributed by atoms with Gasteiger partial charge in [-0.05, 0) is 30.7 Å². The highest BCUT2D eigenvalue weighted by Gasteiger charge is 2.13. The van der Waals surface area contributed by atoms with E-state index in [0.29, 0.717) is 10.8 Å². The Balaban J connectivity index is 2.60. The third kappa shape index (κ3) is 4.50. The maximum atomic E-state index is 11.7. The molecule has 5 nitrogen and oxygen atoms in total. The molecule has 0 aliphatic rings. The maximum absolute atomic E-state index is 11.7. The van der Waals surface area contributed by atoms with Crippen LogP contribution in [-0.4, -0.2) is 30.5 Å². The standard InChI is InChI=1S/C13H12ClN3O2/c1-10-8-11(2-3-12(10)14)19-9-13(18)17(6-4-15)7-5-16/h2-3,8H,6-7,9H2,1H3. The zero-order chi connectivity index (χ0) is 14.3. The van der Waals surface area contributed by atoms with Crippen molar-refractivity contribution in [3.63, 3.8) is 0 Å². The summed E-state index contributed by atoms with van der Waals surface area (Å²) in [5.41, 5.74) is 0.845. The summed E-state index contributed by atoms with van der Waals surface area (Å²) in [6.45, 7) is 1.35. The number of ether oxygens (including phenoxy) is 1. The molecule has 98 valence electrons. The van der Waals surface area contributed by atoms with E-state index in [1.807, 2.05) is 19.1 Å². The van der Waals surface area contributed by atoms with Crippen LogP contribution in [0.25, 0.3) is 0 Å². The van der Waals surface area contributed by atoms with Crippen molar-refractivity contribution in [2.24, 2.45) is 0 Å². The van der Waals surface area contributed by atoms with E-state index in [4.69, 9.17) is 26.9 Å². The predicted octanol–water partition coefficient (Wildman–Crippen LogP) is 1.90. The highest BCUT2D eigenvalue weighted by molar-refractivity contribution is 6.31. The van der Waals surface area contributed by atoms with E-state index in [2.05, 4.69) is 0 Å². The van der Waals surface area contributed by atoms with Crippen LogP contribution in [0.5, 0.6) is 5.75 Å². The lowest BCUT2D eigenvalue weighted by Crippen LogP contribution is -2.35. The predicted molar refractivity (Wildman–Crippen MR) is 69.5 cm³/mol. The first-order valence-corrected chi connectivity index (χ1v) is 5.87. The van der Waals surface area contributed by atoms with Gasteiger partial charge in [0.05, 0.1) is 12.1 Å². The number of amides is 1. The SMILES string of the molecule is Cc1cc(OCC(=O)N(CC#N)CC#N)ccc1Cl. The Morgan fingerprint density at radius 1 is 1.37 bits per heavy atom. The van der Waals surface area contributed by atoms with E-state index >= 15 is 0 Å². The van der Waals surface area contributed by atoms with Crippen LogP contribution < -0.4 is 4.74 Å². The van der Waals surface area contributed by atoms with Crippen LogP contribution in [0.1, 0.15) is 5.56 Å². The molecule has 0 aliphatic heterocycles. The van der Waals surface area contributed by atoms with Gasteiger partial charge in [0.1, 0.15) is 18.8 Å². The summed E-state index contributed by atoms with van der Waals surface area (Å²) in [6, 6.07) is 8.71. The Labute approximate surface area is 116 Å². The van der Waals surface area contributed by atoms with Crippen LogP contribution >= 0.6 is 11.6 Å². The molecular formula is C13H12ClN3O2. The fourth-order valence-corrected chi connectivity index (χ4v) is 1.46. The molecule has 0 unspecified atom stereocenters. The molecule has 0 radical (unpaired) electrons. The first-order chi connectivity index (χ1) is 9.08. The molecule has 0 bridgehead atoms. The lowest BCUT2D eigenvalue weighted by molar-refractivity contribution is -0.132. The molecule has 0 fully saturated rings.